The first-order valence-electron chi connectivity index (χ1n) is 11.7. The normalized spacial score (nSPS) is 11.4. The van der Waals surface area contributed by atoms with Gasteiger partial charge in [0.1, 0.15) is 18.1 Å². The Morgan fingerprint density at radius 1 is 0.861 bits per heavy atom. The van der Waals surface area contributed by atoms with Crippen molar-refractivity contribution in [3.63, 3.8) is 0 Å². The van der Waals surface area contributed by atoms with E-state index in [0.717, 1.165) is 34.5 Å². The lowest BCUT2D eigenvalue weighted by Crippen LogP contribution is -2.39. The minimum absolute atomic E-state index is 0.469. The largest absolute Gasteiger partial charge is 0.497 e. The van der Waals surface area contributed by atoms with E-state index in [9.17, 15) is 0 Å². The third kappa shape index (κ3) is 8.09. The molecule has 0 spiro atoms. The molecule has 0 atom stereocenters. The number of oxime groups is 1. The number of nitrogens with zero attached hydrogens (tertiary/aromatic N) is 2. The average Bonchev–Trinajstić information content (AvgIpc) is 2.86. The van der Waals surface area contributed by atoms with Gasteiger partial charge in [-0.2, -0.15) is 0 Å². The van der Waals surface area contributed by atoms with Crippen LogP contribution < -0.4 is 4.74 Å². The zero-order valence-corrected chi connectivity index (χ0v) is 21.3. The maximum absolute atomic E-state index is 9.10. The Bertz CT molecular complexity index is 1150. The number of benzene rings is 3. The Morgan fingerprint density at radius 3 is 2.00 bits per heavy atom. The van der Waals surface area contributed by atoms with Gasteiger partial charge in [0, 0.05) is 29.8 Å². The van der Waals surface area contributed by atoms with Gasteiger partial charge in [-0.25, -0.2) is 9.59 Å². The standard InChI is InChI=1S/C26H32N2O2.C2H2O4/c1-19(2)28(20(3)4)17-18-30-27-26(22-13-15-23(29-5)16-14-22)25-12-8-10-21-9-6-7-11-24(21)25;3-1(4)2(5)6/h6-16,19-20H,17-18H2,1-5H3;(H,3,4)(H,5,6)/b27-26+;. The fraction of sp³-hybridized carbons (Fsp3) is 0.321. The summed E-state index contributed by atoms with van der Waals surface area (Å²) >= 11 is 0. The highest BCUT2D eigenvalue weighted by atomic mass is 16.6. The molecule has 0 fully saturated rings. The van der Waals surface area contributed by atoms with Crippen molar-refractivity contribution in [2.24, 2.45) is 5.16 Å². The molecule has 3 rings (SSSR count). The van der Waals surface area contributed by atoms with E-state index < -0.39 is 11.9 Å². The summed E-state index contributed by atoms with van der Waals surface area (Å²) in [5.41, 5.74) is 2.88. The topological polar surface area (TPSA) is 109 Å². The van der Waals surface area contributed by atoms with Crippen LogP contribution in [0.3, 0.4) is 0 Å². The van der Waals surface area contributed by atoms with Gasteiger partial charge in [0.15, 0.2) is 0 Å². The smallest absolute Gasteiger partial charge is 0.414 e. The summed E-state index contributed by atoms with van der Waals surface area (Å²) in [4.78, 5) is 26.5. The van der Waals surface area contributed by atoms with Gasteiger partial charge in [-0.05, 0) is 62.7 Å². The van der Waals surface area contributed by atoms with Crippen LogP contribution in [-0.2, 0) is 14.4 Å². The van der Waals surface area contributed by atoms with Gasteiger partial charge in [0.25, 0.3) is 0 Å². The molecule has 0 amide bonds. The van der Waals surface area contributed by atoms with Gasteiger partial charge in [0.2, 0.25) is 0 Å². The van der Waals surface area contributed by atoms with Gasteiger partial charge in [-0.1, -0.05) is 47.6 Å². The number of aliphatic carboxylic acids is 2. The maximum atomic E-state index is 9.10. The lowest BCUT2D eigenvalue weighted by molar-refractivity contribution is -0.159. The lowest BCUT2D eigenvalue weighted by Gasteiger charge is -2.29. The molecule has 192 valence electrons. The Kier molecular flexibility index (Phi) is 10.9. The van der Waals surface area contributed by atoms with Gasteiger partial charge in [-0.15, -0.1) is 0 Å². The number of ether oxygens (including phenoxy) is 1. The molecule has 0 aliphatic heterocycles. The van der Waals surface area contributed by atoms with Crippen molar-refractivity contribution in [2.45, 2.75) is 39.8 Å². The number of carboxylic acids is 2. The molecule has 0 unspecified atom stereocenters. The molecule has 0 radical (unpaired) electrons. The fourth-order valence-corrected chi connectivity index (χ4v) is 3.81. The van der Waals surface area contributed by atoms with Crippen molar-refractivity contribution in [2.75, 3.05) is 20.3 Å². The predicted octanol–water partition coefficient (Wildman–Crippen LogP) is 4.89. The molecular formula is C28H34N2O6. The van der Waals surface area contributed by atoms with Gasteiger partial charge < -0.3 is 19.8 Å². The van der Waals surface area contributed by atoms with Crippen LogP contribution in [0.25, 0.3) is 10.8 Å². The van der Waals surface area contributed by atoms with Crippen LogP contribution in [0.2, 0.25) is 0 Å². The fourth-order valence-electron chi connectivity index (χ4n) is 3.81. The summed E-state index contributed by atoms with van der Waals surface area (Å²) < 4.78 is 5.32. The van der Waals surface area contributed by atoms with E-state index >= 15 is 0 Å². The third-order valence-electron chi connectivity index (χ3n) is 5.51. The minimum Gasteiger partial charge on any atom is -0.497 e. The minimum atomic E-state index is -1.82. The third-order valence-corrected chi connectivity index (χ3v) is 5.51. The van der Waals surface area contributed by atoms with Gasteiger partial charge >= 0.3 is 11.9 Å². The van der Waals surface area contributed by atoms with Gasteiger partial charge in [0.05, 0.1) is 7.11 Å². The van der Waals surface area contributed by atoms with E-state index in [-0.39, 0.29) is 0 Å². The molecule has 0 aliphatic rings. The van der Waals surface area contributed by atoms with E-state index in [1.165, 1.54) is 5.39 Å². The summed E-state index contributed by atoms with van der Waals surface area (Å²) in [6.07, 6.45) is 0. The molecule has 0 bridgehead atoms. The summed E-state index contributed by atoms with van der Waals surface area (Å²) in [5, 5.41) is 21.7. The molecule has 8 heteroatoms. The number of methoxy groups -OCH3 is 1. The van der Waals surface area contributed by atoms with Crippen molar-refractivity contribution in [1.82, 2.24) is 4.90 Å². The predicted molar refractivity (Wildman–Crippen MR) is 141 cm³/mol. The Hall–Kier alpha value is -3.91. The van der Waals surface area contributed by atoms with Crippen molar-refractivity contribution in [3.8, 4) is 5.75 Å². The van der Waals surface area contributed by atoms with Crippen molar-refractivity contribution < 1.29 is 29.4 Å². The number of carbonyl (C=O) groups is 2. The number of rotatable bonds is 9. The van der Waals surface area contributed by atoms with Gasteiger partial charge in [-0.3, -0.25) is 4.90 Å². The molecular weight excluding hydrogens is 460 g/mol. The second-order valence-electron chi connectivity index (χ2n) is 8.56. The van der Waals surface area contributed by atoms with E-state index in [1.807, 2.05) is 24.3 Å². The monoisotopic (exact) mass is 494 g/mol. The van der Waals surface area contributed by atoms with E-state index in [0.29, 0.717) is 18.7 Å². The second-order valence-corrected chi connectivity index (χ2v) is 8.56. The molecule has 0 saturated carbocycles. The Labute approximate surface area is 211 Å². The number of hydrogen-bond donors (Lipinski definition) is 2. The van der Waals surface area contributed by atoms with Crippen LogP contribution in [0.15, 0.2) is 71.9 Å². The summed E-state index contributed by atoms with van der Waals surface area (Å²) in [5.74, 6) is -2.83. The van der Waals surface area contributed by atoms with E-state index in [2.05, 4.69) is 80.2 Å². The lowest BCUT2D eigenvalue weighted by atomic mass is 9.96. The summed E-state index contributed by atoms with van der Waals surface area (Å²) in [6.45, 7) is 10.2. The molecule has 0 saturated heterocycles. The average molecular weight is 495 g/mol. The molecule has 3 aromatic carbocycles. The molecule has 0 heterocycles. The number of carboxylic acid groups (broad SMARTS) is 2. The van der Waals surface area contributed by atoms with Crippen molar-refractivity contribution in [3.05, 3.63) is 77.9 Å². The zero-order valence-electron chi connectivity index (χ0n) is 21.3. The molecule has 3 aromatic rings. The first-order chi connectivity index (χ1) is 17.1. The highest BCUT2D eigenvalue weighted by Gasteiger charge is 2.14. The van der Waals surface area contributed by atoms with E-state index in [4.69, 9.17) is 29.4 Å². The first kappa shape index (κ1) is 28.3. The maximum Gasteiger partial charge on any atom is 0.414 e. The van der Waals surface area contributed by atoms with Crippen LogP contribution in [0.4, 0.5) is 0 Å². The van der Waals surface area contributed by atoms with Crippen molar-refractivity contribution >= 4 is 28.4 Å². The molecule has 0 aromatic heterocycles. The Morgan fingerprint density at radius 2 is 1.44 bits per heavy atom. The Balaban J connectivity index is 0.000000678. The van der Waals surface area contributed by atoms with Crippen LogP contribution >= 0.6 is 0 Å². The summed E-state index contributed by atoms with van der Waals surface area (Å²) in [7, 11) is 1.67. The van der Waals surface area contributed by atoms with Crippen molar-refractivity contribution in [1.29, 1.82) is 0 Å². The summed E-state index contributed by atoms with van der Waals surface area (Å²) in [6, 6.07) is 23.5. The van der Waals surface area contributed by atoms with Crippen LogP contribution in [0.1, 0.15) is 38.8 Å². The highest BCUT2D eigenvalue weighted by molar-refractivity contribution is 6.27. The first-order valence-corrected chi connectivity index (χ1v) is 11.7. The number of hydrogen-bond acceptors (Lipinski definition) is 6. The highest BCUT2D eigenvalue weighted by Crippen LogP contribution is 2.23. The van der Waals surface area contributed by atoms with Crippen LogP contribution in [-0.4, -0.2) is 65.1 Å². The van der Waals surface area contributed by atoms with E-state index in [1.54, 1.807) is 7.11 Å². The number of fused-ring (bicyclic) bond motifs is 1. The molecule has 36 heavy (non-hydrogen) atoms. The van der Waals surface area contributed by atoms with Crippen LogP contribution in [0.5, 0.6) is 5.75 Å². The van der Waals surface area contributed by atoms with Crippen LogP contribution in [0, 0.1) is 0 Å². The molecule has 0 aliphatic carbocycles. The quantitative estimate of drug-likeness (QED) is 0.189. The SMILES string of the molecule is COc1ccc(/C(=N\OCCN(C(C)C)C(C)C)c2cccc3ccccc23)cc1.O=C(O)C(=O)O. The molecule has 8 nitrogen and oxygen atoms in total. The zero-order chi connectivity index (χ0) is 26.7. The molecule has 2 N–H and O–H groups in total. The second kappa shape index (κ2) is 13.8.